The third kappa shape index (κ3) is 8.48. The number of carbonyl (C=O) groups is 3. The number of esters is 1. The Morgan fingerprint density at radius 2 is 1.72 bits per heavy atom. The second-order valence-corrected chi connectivity index (χ2v) is 15.0. The maximum absolute atomic E-state index is 14.2. The molecule has 13 nitrogen and oxygen atoms in total. The van der Waals surface area contributed by atoms with Gasteiger partial charge in [0.1, 0.15) is 18.1 Å². The van der Waals surface area contributed by atoms with E-state index in [9.17, 15) is 19.5 Å². The number of alkyl carbamates (subject to hydrolysis) is 1. The van der Waals surface area contributed by atoms with Crippen LogP contribution in [0.5, 0.6) is 0 Å². The number of nitrogens with zero attached hydrogens (tertiary/aromatic N) is 2. The van der Waals surface area contributed by atoms with E-state index in [0.717, 1.165) is 0 Å². The molecule has 0 bridgehead atoms. The molecule has 272 valence electrons. The highest BCUT2D eigenvalue weighted by atomic mass is 16.7. The number of hydrogen-bond donors (Lipinski definition) is 3. The maximum atomic E-state index is 14.2. The lowest BCUT2D eigenvalue weighted by Gasteiger charge is -2.48. The monoisotopic (exact) mass is 670 g/mol. The summed E-state index contributed by atoms with van der Waals surface area (Å²) < 4.78 is 31.1. The predicted octanol–water partition coefficient (Wildman–Crippen LogP) is 2.18. The van der Waals surface area contributed by atoms with Crippen LogP contribution in [0.3, 0.4) is 0 Å². The first-order chi connectivity index (χ1) is 21.8. The zero-order valence-electron chi connectivity index (χ0n) is 30.9. The summed E-state index contributed by atoms with van der Waals surface area (Å²) in [4.78, 5) is 44.4. The molecule has 3 fully saturated rings. The number of amides is 1. The number of methoxy groups -OCH3 is 1. The number of likely N-dealkylation sites (N-methyl/N-ethyl adjacent to an activating group) is 2. The molecule has 1 amide bonds. The number of ketones is 1. The summed E-state index contributed by atoms with van der Waals surface area (Å²) in [6.07, 6.45) is -3.12. The molecule has 14 atom stereocenters. The molecule has 0 saturated carbocycles. The van der Waals surface area contributed by atoms with Gasteiger partial charge in [0, 0.05) is 31.2 Å². The van der Waals surface area contributed by atoms with E-state index in [1.54, 1.807) is 21.0 Å². The smallest absolute Gasteiger partial charge is 0.408 e. The molecule has 0 aromatic rings. The first-order valence-electron chi connectivity index (χ1n) is 17.1. The van der Waals surface area contributed by atoms with Crippen LogP contribution in [0.15, 0.2) is 0 Å². The van der Waals surface area contributed by atoms with Gasteiger partial charge in [0.05, 0.1) is 23.9 Å². The van der Waals surface area contributed by atoms with Crippen LogP contribution in [0.2, 0.25) is 0 Å². The number of carbonyl (C=O) groups excluding carboxylic acids is 3. The minimum Gasteiger partial charge on any atom is -0.458 e. The lowest BCUT2D eigenvalue weighted by Crippen LogP contribution is -2.61. The first kappa shape index (κ1) is 39.6. The van der Waals surface area contributed by atoms with Crippen molar-refractivity contribution in [2.45, 2.75) is 141 Å². The van der Waals surface area contributed by atoms with Crippen molar-refractivity contribution in [1.29, 1.82) is 0 Å². The van der Waals surface area contributed by atoms with Gasteiger partial charge in [0.15, 0.2) is 17.7 Å². The van der Waals surface area contributed by atoms with Gasteiger partial charge in [-0.25, -0.2) is 4.79 Å². The van der Waals surface area contributed by atoms with Gasteiger partial charge in [0.25, 0.3) is 0 Å². The lowest BCUT2D eigenvalue weighted by molar-refractivity contribution is -0.302. The maximum Gasteiger partial charge on any atom is 0.408 e. The molecule has 47 heavy (non-hydrogen) atoms. The highest BCUT2D eigenvalue weighted by Crippen LogP contribution is 2.38. The van der Waals surface area contributed by atoms with Crippen molar-refractivity contribution in [3.63, 3.8) is 0 Å². The second-order valence-electron chi connectivity index (χ2n) is 15.0. The van der Waals surface area contributed by atoms with Crippen LogP contribution in [0.1, 0.15) is 74.7 Å². The van der Waals surface area contributed by atoms with E-state index in [1.165, 1.54) is 6.92 Å². The zero-order valence-corrected chi connectivity index (χ0v) is 30.9. The molecule has 3 N–H and O–H groups in total. The van der Waals surface area contributed by atoms with Crippen LogP contribution in [0.4, 0.5) is 4.79 Å². The minimum absolute atomic E-state index is 0.0238. The fourth-order valence-electron chi connectivity index (χ4n) is 7.62. The fraction of sp³-hybridized carbons (Fsp3) is 0.912. The van der Waals surface area contributed by atoms with Crippen molar-refractivity contribution < 1.29 is 43.2 Å². The van der Waals surface area contributed by atoms with Crippen LogP contribution in [-0.2, 0) is 33.3 Å². The minimum atomic E-state index is -1.16. The van der Waals surface area contributed by atoms with Crippen molar-refractivity contribution in [2.75, 3.05) is 41.8 Å². The number of cyclic esters (lactones) is 1. The molecule has 3 heterocycles. The summed E-state index contributed by atoms with van der Waals surface area (Å²) in [6.45, 7) is 15.4. The van der Waals surface area contributed by atoms with E-state index in [4.69, 9.17) is 23.7 Å². The van der Waals surface area contributed by atoms with Crippen LogP contribution >= 0.6 is 0 Å². The number of ether oxygens (including phenoxy) is 5. The van der Waals surface area contributed by atoms with Crippen molar-refractivity contribution in [3.05, 3.63) is 0 Å². The molecule has 3 aliphatic rings. The van der Waals surface area contributed by atoms with Gasteiger partial charge < -0.3 is 49.2 Å². The SMILES string of the molecule is CC[C@H]1OC(=O)C(C)C(=O)[C@H](C)[C@@H](O[C@@H]2O[C@H]([C@H](C)N(C)C)C[C@H](N(C)C)[C@H]2O)[C@](C)(OC)C[C@@H](C)CN[C@H](C)[C@H]2NC(=O)O[C@@]21C. The Morgan fingerprint density at radius 3 is 2.28 bits per heavy atom. The molecule has 0 radical (unpaired) electrons. The number of rotatable bonds is 7. The summed E-state index contributed by atoms with van der Waals surface area (Å²) in [5.41, 5.74) is -2.18. The highest BCUT2D eigenvalue weighted by molar-refractivity contribution is 6.00. The third-order valence-electron chi connectivity index (χ3n) is 11.0. The molecule has 0 spiro atoms. The summed E-state index contributed by atoms with van der Waals surface area (Å²) >= 11 is 0. The Balaban J connectivity index is 2.05. The molecule has 13 heteroatoms. The van der Waals surface area contributed by atoms with Crippen LogP contribution in [0.25, 0.3) is 0 Å². The Bertz CT molecular complexity index is 1090. The molecule has 3 aliphatic heterocycles. The third-order valence-corrected chi connectivity index (χ3v) is 11.0. The molecule has 3 rings (SSSR count). The summed E-state index contributed by atoms with van der Waals surface area (Å²) in [6, 6.07) is -0.959. The van der Waals surface area contributed by atoms with E-state index < -0.39 is 65.7 Å². The summed E-state index contributed by atoms with van der Waals surface area (Å²) in [5, 5.41) is 18.0. The Kier molecular flexibility index (Phi) is 13.3. The highest BCUT2D eigenvalue weighted by Gasteiger charge is 2.55. The Labute approximate surface area is 281 Å². The van der Waals surface area contributed by atoms with Gasteiger partial charge in [-0.2, -0.15) is 0 Å². The van der Waals surface area contributed by atoms with E-state index >= 15 is 0 Å². The van der Waals surface area contributed by atoms with Crippen molar-refractivity contribution in [2.24, 2.45) is 17.8 Å². The molecule has 0 aliphatic carbocycles. The summed E-state index contributed by atoms with van der Waals surface area (Å²) in [5.74, 6) is -3.07. The predicted molar refractivity (Wildman–Crippen MR) is 177 cm³/mol. The number of nitrogens with one attached hydrogen (secondary N) is 2. The van der Waals surface area contributed by atoms with E-state index in [1.807, 2.05) is 53.9 Å². The fourth-order valence-corrected chi connectivity index (χ4v) is 7.62. The first-order valence-corrected chi connectivity index (χ1v) is 17.1. The largest absolute Gasteiger partial charge is 0.458 e. The average molecular weight is 671 g/mol. The number of aliphatic hydroxyl groups is 1. The number of Topliss-reactive ketones (excluding diaryl/α,β-unsaturated/α-hetero) is 1. The van der Waals surface area contributed by atoms with Gasteiger partial charge in [-0.3, -0.25) is 9.59 Å². The average Bonchev–Trinajstić information content (AvgIpc) is 3.33. The summed E-state index contributed by atoms with van der Waals surface area (Å²) in [7, 11) is 9.38. The van der Waals surface area contributed by atoms with Crippen LogP contribution in [0, 0.1) is 17.8 Å². The van der Waals surface area contributed by atoms with Gasteiger partial charge in [-0.15, -0.1) is 0 Å². The van der Waals surface area contributed by atoms with Crippen molar-refractivity contribution in [3.8, 4) is 0 Å². The lowest BCUT2D eigenvalue weighted by atomic mass is 9.78. The normalized spacial score (nSPS) is 43.4. The number of fused-ring (bicyclic) bond motifs is 1. The number of hydrogen-bond acceptors (Lipinski definition) is 12. The van der Waals surface area contributed by atoms with E-state index in [0.29, 0.717) is 25.8 Å². The van der Waals surface area contributed by atoms with Gasteiger partial charge >= 0.3 is 12.1 Å². The van der Waals surface area contributed by atoms with E-state index in [-0.39, 0.29) is 35.9 Å². The Hall–Kier alpha value is -1.87. The van der Waals surface area contributed by atoms with Crippen molar-refractivity contribution >= 4 is 17.8 Å². The molecular weight excluding hydrogens is 608 g/mol. The molecule has 1 unspecified atom stereocenters. The molecular formula is C34H62N4O9. The topological polar surface area (TPSA) is 148 Å². The van der Waals surface area contributed by atoms with Crippen LogP contribution in [-0.4, -0.2) is 141 Å². The van der Waals surface area contributed by atoms with E-state index in [2.05, 4.69) is 29.4 Å². The second kappa shape index (κ2) is 15.8. The quantitative estimate of drug-likeness (QED) is 0.269. The Morgan fingerprint density at radius 1 is 1.09 bits per heavy atom. The molecule has 3 saturated heterocycles. The molecule has 0 aromatic heterocycles. The van der Waals surface area contributed by atoms with Crippen LogP contribution < -0.4 is 10.6 Å². The standard InChI is InChI=1S/C34H62N4O9/c1-14-25-34(8)28(36-32(42)47-34)21(5)35-17-18(2)16-33(7,43-13)29(19(3)26(39)20(4)30(41)45-25)46-31-27(40)23(38(11)12)15-24(44-31)22(6)37(9)10/h18-25,27-29,31,35,40H,14-17H2,1-13H3,(H,36,42)/t18-,19+,20?,21-,22+,23+,24+,25-,27-,28-,29-,31+,33-,34-/m1/s1. The van der Waals surface area contributed by atoms with Gasteiger partial charge in [-0.05, 0) is 94.5 Å². The molecule has 0 aromatic carbocycles. The van der Waals surface area contributed by atoms with Gasteiger partial charge in [-0.1, -0.05) is 20.8 Å². The number of aliphatic hydroxyl groups excluding tert-OH is 1. The van der Waals surface area contributed by atoms with Crippen molar-refractivity contribution in [1.82, 2.24) is 20.4 Å². The zero-order chi connectivity index (χ0) is 35.6. The van der Waals surface area contributed by atoms with Gasteiger partial charge in [0.2, 0.25) is 0 Å².